The molecule has 5 rings (SSSR count). The summed E-state index contributed by atoms with van der Waals surface area (Å²) in [6, 6.07) is 9.40. The van der Waals surface area contributed by atoms with Crippen molar-refractivity contribution in [2.24, 2.45) is 7.05 Å². The van der Waals surface area contributed by atoms with Crippen LogP contribution in [0.2, 0.25) is 0 Å². The molecule has 1 N–H and O–H groups in total. The molecule has 1 saturated heterocycles. The SMILES string of the molecule is Cn1ccnc1[C@@H]1N(C(=O)c2cc(F)cc(F)c2)CC[C@]12C(=O)Nc1ccccc12. The summed E-state index contributed by atoms with van der Waals surface area (Å²) in [7, 11) is 1.79. The maximum absolute atomic E-state index is 13.8. The first-order valence-electron chi connectivity index (χ1n) is 9.57. The quantitative estimate of drug-likeness (QED) is 0.708. The van der Waals surface area contributed by atoms with Crippen molar-refractivity contribution in [3.63, 3.8) is 0 Å². The number of likely N-dealkylation sites (tertiary alicyclic amines) is 1. The van der Waals surface area contributed by atoms with Gasteiger partial charge in [0.1, 0.15) is 28.9 Å². The lowest BCUT2D eigenvalue weighted by atomic mass is 9.74. The first-order chi connectivity index (χ1) is 14.4. The number of nitrogens with zero attached hydrogens (tertiary/aromatic N) is 3. The van der Waals surface area contributed by atoms with Crippen molar-refractivity contribution in [3.05, 3.63) is 83.4 Å². The third kappa shape index (κ3) is 2.49. The Kier molecular flexibility index (Phi) is 3.99. The molecule has 3 aromatic rings. The summed E-state index contributed by atoms with van der Waals surface area (Å²) >= 11 is 0. The van der Waals surface area contributed by atoms with Crippen LogP contribution in [0.5, 0.6) is 0 Å². The van der Waals surface area contributed by atoms with Gasteiger partial charge in [-0.2, -0.15) is 0 Å². The van der Waals surface area contributed by atoms with E-state index in [9.17, 15) is 18.4 Å². The molecule has 1 aromatic heterocycles. The van der Waals surface area contributed by atoms with Crippen molar-refractivity contribution in [1.82, 2.24) is 14.5 Å². The number of imidazole rings is 1. The molecule has 0 unspecified atom stereocenters. The number of halogens is 2. The molecular formula is C22H18F2N4O2. The van der Waals surface area contributed by atoms with E-state index in [0.717, 1.165) is 23.8 Å². The van der Waals surface area contributed by atoms with Gasteiger partial charge in [0.05, 0.1) is 0 Å². The molecule has 1 spiro atoms. The molecule has 0 bridgehead atoms. The fourth-order valence-electron chi connectivity index (χ4n) is 4.75. The normalized spacial score (nSPS) is 22.4. The van der Waals surface area contributed by atoms with Gasteiger partial charge in [-0.05, 0) is 30.2 Å². The zero-order chi connectivity index (χ0) is 21.0. The maximum Gasteiger partial charge on any atom is 0.254 e. The number of aromatic nitrogens is 2. The highest BCUT2D eigenvalue weighted by Crippen LogP contribution is 2.54. The first-order valence-corrected chi connectivity index (χ1v) is 9.57. The summed E-state index contributed by atoms with van der Waals surface area (Å²) in [6.07, 6.45) is 3.71. The van der Waals surface area contributed by atoms with E-state index in [4.69, 9.17) is 0 Å². The van der Waals surface area contributed by atoms with Crippen LogP contribution in [-0.4, -0.2) is 32.8 Å². The highest BCUT2D eigenvalue weighted by atomic mass is 19.1. The van der Waals surface area contributed by atoms with E-state index >= 15 is 0 Å². The number of anilines is 1. The van der Waals surface area contributed by atoms with E-state index in [2.05, 4.69) is 10.3 Å². The van der Waals surface area contributed by atoms with Gasteiger partial charge < -0.3 is 14.8 Å². The zero-order valence-electron chi connectivity index (χ0n) is 16.1. The molecule has 3 heterocycles. The molecule has 2 amide bonds. The van der Waals surface area contributed by atoms with Gasteiger partial charge in [-0.15, -0.1) is 0 Å². The maximum atomic E-state index is 13.8. The molecule has 2 aliphatic rings. The van der Waals surface area contributed by atoms with Crippen molar-refractivity contribution in [2.75, 3.05) is 11.9 Å². The van der Waals surface area contributed by atoms with E-state index < -0.39 is 29.0 Å². The van der Waals surface area contributed by atoms with Crippen LogP contribution in [0.1, 0.15) is 34.2 Å². The predicted octanol–water partition coefficient (Wildman–Crippen LogP) is 3.18. The summed E-state index contributed by atoms with van der Waals surface area (Å²) in [4.78, 5) is 32.6. The highest BCUT2D eigenvalue weighted by molar-refractivity contribution is 6.08. The summed E-state index contributed by atoms with van der Waals surface area (Å²) in [5, 5.41) is 2.93. The summed E-state index contributed by atoms with van der Waals surface area (Å²) in [5.74, 6) is -1.88. The number of fused-ring (bicyclic) bond motifs is 2. The molecule has 2 aliphatic heterocycles. The van der Waals surface area contributed by atoms with Crippen molar-refractivity contribution < 1.29 is 18.4 Å². The van der Waals surface area contributed by atoms with Gasteiger partial charge in [-0.1, -0.05) is 18.2 Å². The third-order valence-electron chi connectivity index (χ3n) is 6.06. The largest absolute Gasteiger partial charge is 0.336 e. The van der Waals surface area contributed by atoms with Gasteiger partial charge in [-0.3, -0.25) is 9.59 Å². The number of hydrogen-bond donors (Lipinski definition) is 1. The first kappa shape index (κ1) is 18.5. The lowest BCUT2D eigenvalue weighted by Gasteiger charge is -2.33. The van der Waals surface area contributed by atoms with Crippen LogP contribution >= 0.6 is 0 Å². The Labute approximate surface area is 171 Å². The van der Waals surface area contributed by atoms with Crippen molar-refractivity contribution >= 4 is 17.5 Å². The minimum absolute atomic E-state index is 0.101. The van der Waals surface area contributed by atoms with Gasteiger partial charge in [0.2, 0.25) is 5.91 Å². The summed E-state index contributed by atoms with van der Waals surface area (Å²) < 4.78 is 29.3. The molecule has 0 aliphatic carbocycles. The Bertz CT molecular complexity index is 1170. The zero-order valence-corrected chi connectivity index (χ0v) is 16.1. The summed E-state index contributed by atoms with van der Waals surface area (Å²) in [5.41, 5.74) is 0.365. The molecule has 6 nitrogen and oxygen atoms in total. The Balaban J connectivity index is 1.68. The molecule has 30 heavy (non-hydrogen) atoms. The van der Waals surface area contributed by atoms with Gasteiger partial charge in [0.25, 0.3) is 5.91 Å². The molecule has 8 heteroatoms. The second-order valence-electron chi connectivity index (χ2n) is 7.68. The minimum Gasteiger partial charge on any atom is -0.336 e. The number of amides is 2. The van der Waals surface area contributed by atoms with Crippen LogP contribution in [0.3, 0.4) is 0 Å². The number of nitrogens with one attached hydrogen (secondary N) is 1. The van der Waals surface area contributed by atoms with Crippen LogP contribution in [0.25, 0.3) is 0 Å². The number of aryl methyl sites for hydroxylation is 1. The molecule has 2 aromatic carbocycles. The van der Waals surface area contributed by atoms with Crippen molar-refractivity contribution in [2.45, 2.75) is 17.9 Å². The van der Waals surface area contributed by atoms with Gasteiger partial charge in [0, 0.05) is 43.3 Å². The second-order valence-corrected chi connectivity index (χ2v) is 7.68. The average Bonchev–Trinajstić information content (AvgIpc) is 3.38. The lowest BCUT2D eigenvalue weighted by Crippen LogP contribution is -2.43. The molecule has 2 atom stereocenters. The van der Waals surface area contributed by atoms with E-state index in [-0.39, 0.29) is 18.0 Å². The number of rotatable bonds is 2. The number of benzene rings is 2. The molecule has 0 radical (unpaired) electrons. The van der Waals surface area contributed by atoms with Crippen molar-refractivity contribution in [1.29, 1.82) is 0 Å². The Morgan fingerprint density at radius 3 is 2.63 bits per heavy atom. The van der Waals surface area contributed by atoms with Gasteiger partial charge in [0.15, 0.2) is 0 Å². The molecule has 0 saturated carbocycles. The van der Waals surface area contributed by atoms with Crippen LogP contribution < -0.4 is 5.32 Å². The van der Waals surface area contributed by atoms with Crippen molar-refractivity contribution in [3.8, 4) is 0 Å². The van der Waals surface area contributed by atoms with E-state index in [1.54, 1.807) is 24.0 Å². The monoisotopic (exact) mass is 408 g/mol. The van der Waals surface area contributed by atoms with E-state index in [1.165, 1.54) is 4.90 Å². The average molecular weight is 408 g/mol. The topological polar surface area (TPSA) is 67.2 Å². The Morgan fingerprint density at radius 1 is 1.20 bits per heavy atom. The van der Waals surface area contributed by atoms with Crippen LogP contribution in [0.15, 0.2) is 54.9 Å². The second kappa shape index (κ2) is 6.48. The third-order valence-corrected chi connectivity index (χ3v) is 6.06. The smallest absolute Gasteiger partial charge is 0.254 e. The van der Waals surface area contributed by atoms with Crippen LogP contribution in [0.4, 0.5) is 14.5 Å². The Hall–Kier alpha value is -3.55. The van der Waals surface area contributed by atoms with E-state index in [1.807, 2.05) is 24.3 Å². The number of carbonyl (C=O) groups is 2. The predicted molar refractivity (Wildman–Crippen MR) is 105 cm³/mol. The fourth-order valence-corrected chi connectivity index (χ4v) is 4.75. The fraction of sp³-hybridized carbons (Fsp3) is 0.227. The van der Waals surface area contributed by atoms with Gasteiger partial charge >= 0.3 is 0 Å². The number of carbonyl (C=O) groups excluding carboxylic acids is 2. The number of hydrogen-bond acceptors (Lipinski definition) is 3. The van der Waals surface area contributed by atoms with Gasteiger partial charge in [-0.25, -0.2) is 13.8 Å². The lowest BCUT2D eigenvalue weighted by molar-refractivity contribution is -0.121. The standard InChI is InChI=1S/C22H18F2N4O2/c1-27-9-7-25-19(27)18-22(16-4-2-3-5-17(16)26-21(22)30)6-8-28(18)20(29)13-10-14(23)12-15(24)11-13/h2-5,7,9-12,18H,6,8H2,1H3,(H,26,30)/t18-,22+/m0/s1. The Morgan fingerprint density at radius 2 is 1.93 bits per heavy atom. The van der Waals surface area contributed by atoms with E-state index in [0.29, 0.717) is 17.9 Å². The molecular weight excluding hydrogens is 390 g/mol. The molecule has 152 valence electrons. The molecule has 1 fully saturated rings. The minimum atomic E-state index is -1.03. The number of para-hydroxylation sites is 1. The van der Waals surface area contributed by atoms with Crippen LogP contribution in [0, 0.1) is 11.6 Å². The summed E-state index contributed by atoms with van der Waals surface area (Å²) in [6.45, 7) is 0.246. The highest BCUT2D eigenvalue weighted by Gasteiger charge is 2.60. The van der Waals surface area contributed by atoms with Crippen LogP contribution in [-0.2, 0) is 17.3 Å².